The monoisotopic (exact) mass is 262 g/mol. The molecule has 0 spiro atoms. The van der Waals surface area contributed by atoms with Crippen molar-refractivity contribution in [3.8, 4) is 0 Å². The van der Waals surface area contributed by atoms with E-state index in [1.165, 1.54) is 32.1 Å². The molecule has 1 amide bonds. The maximum Gasteiger partial charge on any atom is 0.276 e. The van der Waals surface area contributed by atoms with Gasteiger partial charge in [0.25, 0.3) is 5.91 Å². The molecule has 0 aromatic carbocycles. The van der Waals surface area contributed by atoms with E-state index in [4.69, 9.17) is 4.52 Å². The molecule has 1 unspecified atom stereocenters. The fraction of sp³-hybridized carbons (Fsp3) is 0.733. The predicted octanol–water partition coefficient (Wildman–Crippen LogP) is 3.17. The SMILES string of the molecule is Cc1cc(C(=O)N2CCCC2C2CCCCC2)no1. The molecule has 1 atom stereocenters. The molecule has 2 heterocycles. The molecule has 1 aliphatic carbocycles. The minimum Gasteiger partial charge on any atom is -0.361 e. The van der Waals surface area contributed by atoms with Gasteiger partial charge in [0.1, 0.15) is 5.76 Å². The highest BCUT2D eigenvalue weighted by atomic mass is 16.5. The van der Waals surface area contributed by atoms with Gasteiger partial charge in [-0.25, -0.2) is 0 Å². The van der Waals surface area contributed by atoms with Crippen molar-refractivity contribution < 1.29 is 9.32 Å². The first-order valence-corrected chi connectivity index (χ1v) is 7.50. The van der Waals surface area contributed by atoms with Gasteiger partial charge in [-0.05, 0) is 38.5 Å². The summed E-state index contributed by atoms with van der Waals surface area (Å²) >= 11 is 0. The number of hydrogen-bond donors (Lipinski definition) is 0. The molecule has 3 rings (SSSR count). The number of carbonyl (C=O) groups excluding carboxylic acids is 1. The second kappa shape index (κ2) is 5.35. The minimum atomic E-state index is 0.0601. The Kier molecular flexibility index (Phi) is 3.58. The van der Waals surface area contributed by atoms with Gasteiger partial charge in [0.15, 0.2) is 5.69 Å². The predicted molar refractivity (Wildman–Crippen MR) is 71.9 cm³/mol. The van der Waals surface area contributed by atoms with Crippen LogP contribution in [0.15, 0.2) is 10.6 Å². The van der Waals surface area contributed by atoms with Crippen molar-refractivity contribution in [3.63, 3.8) is 0 Å². The number of aromatic nitrogens is 1. The van der Waals surface area contributed by atoms with Gasteiger partial charge in [-0.15, -0.1) is 0 Å². The number of amides is 1. The summed E-state index contributed by atoms with van der Waals surface area (Å²) in [7, 11) is 0. The molecule has 4 nitrogen and oxygen atoms in total. The van der Waals surface area contributed by atoms with E-state index in [1.807, 2.05) is 11.8 Å². The standard InChI is InChI=1S/C15H22N2O2/c1-11-10-13(16-19-11)15(18)17-9-5-8-14(17)12-6-3-2-4-7-12/h10,12,14H,2-9H2,1H3. The Labute approximate surface area is 114 Å². The zero-order valence-corrected chi connectivity index (χ0v) is 11.6. The van der Waals surface area contributed by atoms with Gasteiger partial charge in [-0.2, -0.15) is 0 Å². The topological polar surface area (TPSA) is 46.3 Å². The minimum absolute atomic E-state index is 0.0601. The molecule has 1 saturated heterocycles. The van der Waals surface area contributed by atoms with Crippen LogP contribution >= 0.6 is 0 Å². The molecule has 1 aliphatic heterocycles. The summed E-state index contributed by atoms with van der Waals surface area (Å²) in [5.74, 6) is 1.47. The Morgan fingerprint density at radius 1 is 1.26 bits per heavy atom. The summed E-state index contributed by atoms with van der Waals surface area (Å²) in [6, 6.07) is 2.18. The lowest BCUT2D eigenvalue weighted by Gasteiger charge is -2.33. The first-order chi connectivity index (χ1) is 9.25. The van der Waals surface area contributed by atoms with Crippen LogP contribution in [0.1, 0.15) is 61.2 Å². The molecule has 2 aliphatic rings. The average Bonchev–Trinajstić information content (AvgIpc) is 3.07. The summed E-state index contributed by atoms with van der Waals surface area (Å²) in [5, 5.41) is 3.87. The normalized spacial score (nSPS) is 24.9. The van der Waals surface area contributed by atoms with Crippen molar-refractivity contribution in [2.45, 2.75) is 57.9 Å². The highest BCUT2D eigenvalue weighted by molar-refractivity contribution is 5.92. The molecule has 1 aromatic heterocycles. The van der Waals surface area contributed by atoms with Crippen molar-refractivity contribution in [3.05, 3.63) is 17.5 Å². The van der Waals surface area contributed by atoms with Crippen LogP contribution in [0.5, 0.6) is 0 Å². The largest absolute Gasteiger partial charge is 0.361 e. The van der Waals surface area contributed by atoms with Crippen LogP contribution in [0.25, 0.3) is 0 Å². The summed E-state index contributed by atoms with van der Waals surface area (Å²) in [6.07, 6.45) is 8.87. The fourth-order valence-corrected chi connectivity index (χ4v) is 3.67. The van der Waals surface area contributed by atoms with E-state index >= 15 is 0 Å². The molecule has 4 heteroatoms. The van der Waals surface area contributed by atoms with Gasteiger partial charge in [-0.3, -0.25) is 4.79 Å². The number of nitrogens with zero attached hydrogens (tertiary/aromatic N) is 2. The number of aryl methyl sites for hydroxylation is 1. The lowest BCUT2D eigenvalue weighted by molar-refractivity contribution is 0.0651. The highest BCUT2D eigenvalue weighted by Gasteiger charge is 2.36. The van der Waals surface area contributed by atoms with E-state index in [0.717, 1.165) is 19.4 Å². The summed E-state index contributed by atoms with van der Waals surface area (Å²) in [4.78, 5) is 14.6. The Bertz CT molecular complexity index is 449. The van der Waals surface area contributed by atoms with Crippen LogP contribution in [0.3, 0.4) is 0 Å². The first kappa shape index (κ1) is 12.7. The Hall–Kier alpha value is -1.32. The zero-order chi connectivity index (χ0) is 13.2. The van der Waals surface area contributed by atoms with Gasteiger partial charge in [0, 0.05) is 18.7 Å². The number of rotatable bonds is 2. The third-order valence-corrected chi connectivity index (χ3v) is 4.60. The molecule has 19 heavy (non-hydrogen) atoms. The molecule has 0 N–H and O–H groups in total. The number of likely N-dealkylation sites (tertiary alicyclic amines) is 1. The lowest BCUT2D eigenvalue weighted by atomic mass is 9.83. The van der Waals surface area contributed by atoms with E-state index in [9.17, 15) is 4.79 Å². The van der Waals surface area contributed by atoms with Crippen molar-refractivity contribution >= 4 is 5.91 Å². The van der Waals surface area contributed by atoms with Gasteiger partial charge >= 0.3 is 0 Å². The number of hydrogen-bond acceptors (Lipinski definition) is 3. The lowest BCUT2D eigenvalue weighted by Crippen LogP contribution is -2.40. The molecule has 0 radical (unpaired) electrons. The van der Waals surface area contributed by atoms with Crippen LogP contribution in [-0.4, -0.2) is 28.6 Å². The van der Waals surface area contributed by atoms with Crippen LogP contribution in [0.4, 0.5) is 0 Å². The molecule has 1 saturated carbocycles. The highest BCUT2D eigenvalue weighted by Crippen LogP contribution is 2.34. The summed E-state index contributed by atoms with van der Waals surface area (Å²) in [6.45, 7) is 2.71. The van der Waals surface area contributed by atoms with Crippen LogP contribution in [0, 0.1) is 12.8 Å². The van der Waals surface area contributed by atoms with E-state index in [2.05, 4.69) is 5.16 Å². The fourth-order valence-electron chi connectivity index (χ4n) is 3.67. The number of carbonyl (C=O) groups is 1. The maximum atomic E-state index is 12.5. The third-order valence-electron chi connectivity index (χ3n) is 4.60. The van der Waals surface area contributed by atoms with E-state index < -0.39 is 0 Å². The molecule has 2 fully saturated rings. The van der Waals surface area contributed by atoms with Crippen LogP contribution in [-0.2, 0) is 0 Å². The summed E-state index contributed by atoms with van der Waals surface area (Å²) in [5.41, 5.74) is 0.472. The molecule has 104 valence electrons. The van der Waals surface area contributed by atoms with Crippen LogP contribution < -0.4 is 0 Å². The Balaban J connectivity index is 1.73. The molecule has 1 aromatic rings. The maximum absolute atomic E-state index is 12.5. The van der Waals surface area contributed by atoms with E-state index in [1.54, 1.807) is 6.07 Å². The smallest absolute Gasteiger partial charge is 0.276 e. The van der Waals surface area contributed by atoms with Gasteiger partial charge in [0.2, 0.25) is 0 Å². The van der Waals surface area contributed by atoms with Crippen molar-refractivity contribution in [2.24, 2.45) is 5.92 Å². The zero-order valence-electron chi connectivity index (χ0n) is 11.6. The Morgan fingerprint density at radius 2 is 2.05 bits per heavy atom. The van der Waals surface area contributed by atoms with Gasteiger partial charge in [0.05, 0.1) is 0 Å². The van der Waals surface area contributed by atoms with Crippen molar-refractivity contribution in [1.82, 2.24) is 10.1 Å². The van der Waals surface area contributed by atoms with Gasteiger partial charge < -0.3 is 9.42 Å². The molecular weight excluding hydrogens is 240 g/mol. The second-order valence-electron chi connectivity index (χ2n) is 5.93. The Morgan fingerprint density at radius 3 is 2.74 bits per heavy atom. The van der Waals surface area contributed by atoms with Gasteiger partial charge in [-0.1, -0.05) is 24.4 Å². The third kappa shape index (κ3) is 2.53. The van der Waals surface area contributed by atoms with Crippen molar-refractivity contribution in [2.75, 3.05) is 6.54 Å². The average molecular weight is 262 g/mol. The van der Waals surface area contributed by atoms with E-state index in [0.29, 0.717) is 23.4 Å². The van der Waals surface area contributed by atoms with Crippen molar-refractivity contribution in [1.29, 1.82) is 0 Å². The first-order valence-electron chi connectivity index (χ1n) is 7.50. The molecular formula is C15H22N2O2. The molecule has 0 bridgehead atoms. The summed E-state index contributed by atoms with van der Waals surface area (Å²) < 4.78 is 5.03. The quantitative estimate of drug-likeness (QED) is 0.822. The second-order valence-corrected chi connectivity index (χ2v) is 5.93. The van der Waals surface area contributed by atoms with E-state index in [-0.39, 0.29) is 5.91 Å². The van der Waals surface area contributed by atoms with Crippen LogP contribution in [0.2, 0.25) is 0 Å².